The fraction of sp³-hybridized carbons (Fsp3) is 0.500. The molecular formula is C12H18BrNO. The number of benzene rings is 1. The summed E-state index contributed by atoms with van der Waals surface area (Å²) < 4.78 is 6.37. The standard InChI is InChI=1S/C12H18BrNO/c1-12(2,8-14)7-9-5-4-6-10(13)11(9)15-3/h4-6H,7-8,14H2,1-3H3. The molecule has 0 amide bonds. The molecule has 0 bridgehead atoms. The van der Waals surface area contributed by atoms with Gasteiger partial charge in [0.2, 0.25) is 0 Å². The summed E-state index contributed by atoms with van der Waals surface area (Å²) in [4.78, 5) is 0. The predicted octanol–water partition coefficient (Wildman–Crippen LogP) is 2.99. The Morgan fingerprint density at radius 3 is 2.60 bits per heavy atom. The van der Waals surface area contributed by atoms with Crippen LogP contribution in [0.2, 0.25) is 0 Å². The molecule has 2 N–H and O–H groups in total. The van der Waals surface area contributed by atoms with Crippen LogP contribution in [0.4, 0.5) is 0 Å². The minimum absolute atomic E-state index is 0.105. The van der Waals surface area contributed by atoms with Crippen molar-refractivity contribution in [3.8, 4) is 5.75 Å². The van der Waals surface area contributed by atoms with E-state index in [0.29, 0.717) is 6.54 Å². The maximum Gasteiger partial charge on any atom is 0.136 e. The Balaban J connectivity index is 2.99. The summed E-state index contributed by atoms with van der Waals surface area (Å²) in [5.41, 5.74) is 7.03. The third kappa shape index (κ3) is 3.21. The summed E-state index contributed by atoms with van der Waals surface area (Å²) >= 11 is 3.48. The molecule has 2 nitrogen and oxygen atoms in total. The second-order valence-electron chi connectivity index (χ2n) is 4.48. The van der Waals surface area contributed by atoms with Crippen LogP contribution in [0.1, 0.15) is 19.4 Å². The fourth-order valence-corrected chi connectivity index (χ4v) is 2.08. The highest BCUT2D eigenvalue weighted by atomic mass is 79.9. The van der Waals surface area contributed by atoms with E-state index in [1.54, 1.807) is 7.11 Å². The number of rotatable bonds is 4. The number of hydrogen-bond acceptors (Lipinski definition) is 2. The lowest BCUT2D eigenvalue weighted by atomic mass is 9.85. The van der Waals surface area contributed by atoms with Gasteiger partial charge in [-0.25, -0.2) is 0 Å². The van der Waals surface area contributed by atoms with Gasteiger partial charge in [-0.1, -0.05) is 26.0 Å². The molecular weight excluding hydrogens is 254 g/mol. The average molecular weight is 272 g/mol. The van der Waals surface area contributed by atoms with Crippen LogP contribution in [-0.2, 0) is 6.42 Å². The van der Waals surface area contributed by atoms with Crippen molar-refractivity contribution in [3.63, 3.8) is 0 Å². The van der Waals surface area contributed by atoms with Crippen molar-refractivity contribution < 1.29 is 4.74 Å². The summed E-state index contributed by atoms with van der Waals surface area (Å²) in [6, 6.07) is 6.09. The SMILES string of the molecule is COc1c(Br)cccc1CC(C)(C)CN. The van der Waals surface area contributed by atoms with Crippen molar-refractivity contribution in [2.75, 3.05) is 13.7 Å². The number of halogens is 1. The van der Waals surface area contributed by atoms with Gasteiger partial charge in [-0.3, -0.25) is 0 Å². The Bertz CT molecular complexity index is 336. The molecule has 15 heavy (non-hydrogen) atoms. The zero-order valence-electron chi connectivity index (χ0n) is 9.51. The van der Waals surface area contributed by atoms with E-state index in [4.69, 9.17) is 10.5 Å². The zero-order valence-corrected chi connectivity index (χ0v) is 11.1. The van der Waals surface area contributed by atoms with Crippen molar-refractivity contribution in [2.24, 2.45) is 11.1 Å². The molecule has 0 aromatic heterocycles. The zero-order chi connectivity index (χ0) is 11.5. The Morgan fingerprint density at radius 2 is 2.07 bits per heavy atom. The molecule has 0 atom stereocenters. The number of ether oxygens (including phenoxy) is 1. The van der Waals surface area contributed by atoms with Gasteiger partial charge in [-0.05, 0) is 45.9 Å². The highest BCUT2D eigenvalue weighted by Crippen LogP contribution is 2.32. The van der Waals surface area contributed by atoms with Gasteiger partial charge in [0.1, 0.15) is 5.75 Å². The monoisotopic (exact) mass is 271 g/mol. The van der Waals surface area contributed by atoms with E-state index in [0.717, 1.165) is 16.6 Å². The lowest BCUT2D eigenvalue weighted by molar-refractivity contribution is 0.358. The molecule has 0 unspecified atom stereocenters. The molecule has 1 aromatic rings. The van der Waals surface area contributed by atoms with E-state index in [1.165, 1.54) is 5.56 Å². The number of nitrogens with two attached hydrogens (primary N) is 1. The van der Waals surface area contributed by atoms with Gasteiger partial charge in [0, 0.05) is 0 Å². The Kier molecular flexibility index (Phi) is 4.17. The Hall–Kier alpha value is -0.540. The topological polar surface area (TPSA) is 35.2 Å². The molecule has 0 fully saturated rings. The average Bonchev–Trinajstić information content (AvgIpc) is 2.18. The molecule has 0 spiro atoms. The molecule has 3 heteroatoms. The van der Waals surface area contributed by atoms with Crippen LogP contribution in [0.3, 0.4) is 0 Å². The fourth-order valence-electron chi connectivity index (χ4n) is 1.51. The first-order chi connectivity index (χ1) is 7.00. The van der Waals surface area contributed by atoms with Gasteiger partial charge in [0.25, 0.3) is 0 Å². The summed E-state index contributed by atoms with van der Waals surface area (Å²) in [5.74, 6) is 0.916. The van der Waals surface area contributed by atoms with Gasteiger partial charge in [0.05, 0.1) is 11.6 Å². The highest BCUT2D eigenvalue weighted by Gasteiger charge is 2.19. The molecule has 0 aliphatic heterocycles. The van der Waals surface area contributed by atoms with Crippen LogP contribution in [0.15, 0.2) is 22.7 Å². The van der Waals surface area contributed by atoms with Gasteiger partial charge in [-0.2, -0.15) is 0 Å². The molecule has 0 heterocycles. The largest absolute Gasteiger partial charge is 0.495 e. The first kappa shape index (κ1) is 12.5. The van der Waals surface area contributed by atoms with Crippen LogP contribution in [-0.4, -0.2) is 13.7 Å². The molecule has 0 aliphatic rings. The first-order valence-electron chi connectivity index (χ1n) is 5.01. The van der Waals surface area contributed by atoms with Crippen molar-refractivity contribution in [2.45, 2.75) is 20.3 Å². The van der Waals surface area contributed by atoms with E-state index in [-0.39, 0.29) is 5.41 Å². The van der Waals surface area contributed by atoms with Crippen LogP contribution >= 0.6 is 15.9 Å². The van der Waals surface area contributed by atoms with Crippen molar-refractivity contribution in [3.05, 3.63) is 28.2 Å². The number of methoxy groups -OCH3 is 1. The molecule has 0 aliphatic carbocycles. The Labute approximate surface area is 99.9 Å². The van der Waals surface area contributed by atoms with Gasteiger partial charge in [0.15, 0.2) is 0 Å². The third-order valence-corrected chi connectivity index (χ3v) is 3.10. The van der Waals surface area contributed by atoms with Crippen LogP contribution in [0.5, 0.6) is 5.75 Å². The van der Waals surface area contributed by atoms with Crippen molar-refractivity contribution in [1.82, 2.24) is 0 Å². The smallest absolute Gasteiger partial charge is 0.136 e. The summed E-state index contributed by atoms with van der Waals surface area (Å²) in [5, 5.41) is 0. The lowest BCUT2D eigenvalue weighted by Gasteiger charge is -2.23. The lowest BCUT2D eigenvalue weighted by Crippen LogP contribution is -2.26. The Morgan fingerprint density at radius 1 is 1.40 bits per heavy atom. The molecule has 1 aromatic carbocycles. The second kappa shape index (κ2) is 4.99. The number of para-hydroxylation sites is 1. The first-order valence-corrected chi connectivity index (χ1v) is 5.81. The van der Waals surface area contributed by atoms with E-state index in [2.05, 4.69) is 35.8 Å². The number of hydrogen-bond donors (Lipinski definition) is 1. The van der Waals surface area contributed by atoms with E-state index < -0.39 is 0 Å². The maximum atomic E-state index is 5.73. The summed E-state index contributed by atoms with van der Waals surface area (Å²) in [7, 11) is 1.69. The van der Waals surface area contributed by atoms with Crippen LogP contribution in [0.25, 0.3) is 0 Å². The highest BCUT2D eigenvalue weighted by molar-refractivity contribution is 9.10. The van der Waals surface area contributed by atoms with E-state index in [1.807, 2.05) is 12.1 Å². The summed E-state index contributed by atoms with van der Waals surface area (Å²) in [6.07, 6.45) is 0.923. The van der Waals surface area contributed by atoms with Gasteiger partial charge >= 0.3 is 0 Å². The van der Waals surface area contributed by atoms with Crippen LogP contribution in [0, 0.1) is 5.41 Å². The quantitative estimate of drug-likeness (QED) is 0.914. The molecule has 84 valence electrons. The van der Waals surface area contributed by atoms with Crippen molar-refractivity contribution >= 4 is 15.9 Å². The molecule has 0 saturated carbocycles. The molecule has 1 rings (SSSR count). The van der Waals surface area contributed by atoms with Crippen molar-refractivity contribution in [1.29, 1.82) is 0 Å². The normalized spacial score (nSPS) is 11.5. The second-order valence-corrected chi connectivity index (χ2v) is 5.33. The van der Waals surface area contributed by atoms with E-state index >= 15 is 0 Å². The summed E-state index contributed by atoms with van der Waals surface area (Å²) in [6.45, 7) is 4.99. The maximum absolute atomic E-state index is 5.73. The molecule has 0 radical (unpaired) electrons. The van der Waals surface area contributed by atoms with Crippen LogP contribution < -0.4 is 10.5 Å². The predicted molar refractivity (Wildman–Crippen MR) is 67.2 cm³/mol. The molecule has 0 saturated heterocycles. The third-order valence-electron chi connectivity index (χ3n) is 2.47. The van der Waals surface area contributed by atoms with Gasteiger partial charge in [-0.15, -0.1) is 0 Å². The van der Waals surface area contributed by atoms with E-state index in [9.17, 15) is 0 Å². The van der Waals surface area contributed by atoms with Gasteiger partial charge < -0.3 is 10.5 Å². The minimum Gasteiger partial charge on any atom is -0.495 e. The minimum atomic E-state index is 0.105.